The summed E-state index contributed by atoms with van der Waals surface area (Å²) in [6.45, 7) is 3.46. The number of carbonyl (C=O) groups excluding carboxylic acids is 1. The maximum Gasteiger partial charge on any atom is 0.422 e. The first kappa shape index (κ1) is 28.5. The molecule has 1 atom stereocenters. The first-order valence-corrected chi connectivity index (χ1v) is 10.8. The number of ether oxygens (including phenoxy) is 4. The second-order valence-electron chi connectivity index (χ2n) is 7.10. The van der Waals surface area contributed by atoms with Crippen molar-refractivity contribution in [3.05, 3.63) is 29.8 Å². The third-order valence-electron chi connectivity index (χ3n) is 4.30. The number of aliphatic carboxylic acids is 1. The van der Waals surface area contributed by atoms with Crippen LogP contribution >= 0.6 is 0 Å². The zero-order chi connectivity index (χ0) is 24.7. The molecule has 11 heteroatoms. The summed E-state index contributed by atoms with van der Waals surface area (Å²) in [6, 6.07) is 6.69. The highest BCUT2D eigenvalue weighted by Crippen LogP contribution is 2.16. The van der Waals surface area contributed by atoms with E-state index < -0.39 is 30.9 Å². The fraction of sp³-hybridized carbons (Fsp3) is 0.636. The van der Waals surface area contributed by atoms with Crippen molar-refractivity contribution in [3.8, 4) is 5.75 Å². The normalized spacial score (nSPS) is 12.3. The van der Waals surface area contributed by atoms with E-state index in [1.165, 1.54) is 0 Å². The first-order valence-electron chi connectivity index (χ1n) is 10.8. The Labute approximate surface area is 191 Å². The SMILES string of the molecule is CCCOCCCN(CCOc1ccc(CC(OCC)C(=O)O)cc1)C(=O)OCC(F)(F)F. The summed E-state index contributed by atoms with van der Waals surface area (Å²) in [5, 5.41) is 9.16. The molecule has 0 saturated heterocycles. The number of benzene rings is 1. The summed E-state index contributed by atoms with van der Waals surface area (Å²) < 4.78 is 57.5. The van der Waals surface area contributed by atoms with Crippen LogP contribution in [0.1, 0.15) is 32.3 Å². The molecular formula is C22H32F3NO7. The molecule has 0 aliphatic rings. The van der Waals surface area contributed by atoms with Gasteiger partial charge in [0.2, 0.25) is 0 Å². The lowest BCUT2D eigenvalue weighted by atomic mass is 10.1. The van der Waals surface area contributed by atoms with Crippen LogP contribution in [0.2, 0.25) is 0 Å². The highest BCUT2D eigenvalue weighted by atomic mass is 19.4. The van der Waals surface area contributed by atoms with Gasteiger partial charge in [-0.2, -0.15) is 13.2 Å². The number of carboxylic acid groups (broad SMARTS) is 1. The number of rotatable bonds is 16. The van der Waals surface area contributed by atoms with E-state index >= 15 is 0 Å². The monoisotopic (exact) mass is 479 g/mol. The molecule has 1 aromatic carbocycles. The molecule has 33 heavy (non-hydrogen) atoms. The van der Waals surface area contributed by atoms with E-state index in [-0.39, 0.29) is 32.7 Å². The minimum atomic E-state index is -4.61. The van der Waals surface area contributed by atoms with E-state index in [9.17, 15) is 22.8 Å². The molecule has 0 aliphatic heterocycles. The maximum atomic E-state index is 12.4. The number of hydrogen-bond acceptors (Lipinski definition) is 6. The van der Waals surface area contributed by atoms with E-state index in [1.807, 2.05) is 6.92 Å². The van der Waals surface area contributed by atoms with Crippen LogP contribution in [0.25, 0.3) is 0 Å². The standard InChI is InChI=1S/C22H32F3NO7/c1-3-12-30-13-5-10-26(21(29)33-16-22(23,24)25)11-14-32-18-8-6-17(7-9-18)15-19(20(27)28)31-4-2/h6-9,19H,3-5,10-16H2,1-2H3,(H,27,28). The van der Waals surface area contributed by atoms with Crippen molar-refractivity contribution in [2.75, 3.05) is 46.1 Å². The molecule has 0 saturated carbocycles. The third kappa shape index (κ3) is 12.9. The molecule has 8 nitrogen and oxygen atoms in total. The number of amides is 1. The predicted octanol–water partition coefficient (Wildman–Crippen LogP) is 3.92. The van der Waals surface area contributed by atoms with Crippen molar-refractivity contribution >= 4 is 12.1 Å². The molecule has 0 aliphatic carbocycles. The molecule has 0 heterocycles. The summed E-state index contributed by atoms with van der Waals surface area (Å²) in [6.07, 6.45) is -5.14. The van der Waals surface area contributed by atoms with Crippen molar-refractivity contribution < 1.29 is 46.8 Å². The van der Waals surface area contributed by atoms with Gasteiger partial charge in [0.15, 0.2) is 12.7 Å². The van der Waals surface area contributed by atoms with Gasteiger partial charge in [-0.25, -0.2) is 9.59 Å². The number of hydrogen-bond donors (Lipinski definition) is 1. The second-order valence-corrected chi connectivity index (χ2v) is 7.10. The van der Waals surface area contributed by atoms with Crippen LogP contribution in [0.4, 0.5) is 18.0 Å². The number of nitrogens with zero attached hydrogens (tertiary/aromatic N) is 1. The van der Waals surface area contributed by atoms with Crippen molar-refractivity contribution in [1.29, 1.82) is 0 Å². The number of carbonyl (C=O) groups is 2. The van der Waals surface area contributed by atoms with Crippen molar-refractivity contribution in [1.82, 2.24) is 4.90 Å². The zero-order valence-electron chi connectivity index (χ0n) is 18.9. The van der Waals surface area contributed by atoms with Crippen LogP contribution in [0.5, 0.6) is 5.75 Å². The topological polar surface area (TPSA) is 94.5 Å². The fourth-order valence-electron chi connectivity index (χ4n) is 2.76. The Kier molecular flexibility index (Phi) is 13.2. The van der Waals surface area contributed by atoms with Gasteiger partial charge in [0.25, 0.3) is 0 Å². The van der Waals surface area contributed by atoms with Gasteiger partial charge in [-0.05, 0) is 37.5 Å². The fourth-order valence-corrected chi connectivity index (χ4v) is 2.76. The van der Waals surface area contributed by atoms with E-state index in [4.69, 9.17) is 19.3 Å². The number of halogens is 3. The maximum absolute atomic E-state index is 12.4. The Bertz CT molecular complexity index is 698. The number of alkyl halides is 3. The molecule has 1 amide bonds. The van der Waals surface area contributed by atoms with Crippen LogP contribution in [-0.4, -0.2) is 80.5 Å². The summed E-state index contributed by atoms with van der Waals surface area (Å²) in [4.78, 5) is 24.4. The molecule has 0 fully saturated rings. The Morgan fingerprint density at radius 1 is 1.06 bits per heavy atom. The molecule has 0 aromatic heterocycles. The van der Waals surface area contributed by atoms with Gasteiger partial charge in [-0.3, -0.25) is 0 Å². The average Bonchev–Trinajstić information content (AvgIpc) is 2.76. The Morgan fingerprint density at radius 3 is 2.33 bits per heavy atom. The van der Waals surface area contributed by atoms with Gasteiger partial charge in [-0.1, -0.05) is 19.1 Å². The Morgan fingerprint density at radius 2 is 1.76 bits per heavy atom. The molecule has 188 valence electrons. The average molecular weight is 479 g/mol. The van der Waals surface area contributed by atoms with Crippen molar-refractivity contribution in [3.63, 3.8) is 0 Å². The Hall–Kier alpha value is -2.53. The van der Waals surface area contributed by atoms with Crippen LogP contribution in [-0.2, 0) is 25.4 Å². The van der Waals surface area contributed by atoms with Gasteiger partial charge in [-0.15, -0.1) is 0 Å². The quantitative estimate of drug-likeness (QED) is 0.359. The van der Waals surface area contributed by atoms with Crippen molar-refractivity contribution in [2.45, 2.75) is 45.4 Å². The van der Waals surface area contributed by atoms with E-state index in [1.54, 1.807) is 31.2 Å². The zero-order valence-corrected chi connectivity index (χ0v) is 18.9. The van der Waals surface area contributed by atoms with E-state index in [0.717, 1.165) is 16.9 Å². The highest BCUT2D eigenvalue weighted by molar-refractivity contribution is 5.72. The van der Waals surface area contributed by atoms with E-state index in [2.05, 4.69) is 4.74 Å². The smallest absolute Gasteiger partial charge is 0.422 e. The summed E-state index contributed by atoms with van der Waals surface area (Å²) in [7, 11) is 0. The minimum Gasteiger partial charge on any atom is -0.492 e. The van der Waals surface area contributed by atoms with Gasteiger partial charge in [0, 0.05) is 32.8 Å². The summed E-state index contributed by atoms with van der Waals surface area (Å²) in [5.41, 5.74) is 0.743. The van der Waals surface area contributed by atoms with Crippen molar-refractivity contribution in [2.24, 2.45) is 0 Å². The lowest BCUT2D eigenvalue weighted by molar-refractivity contribution is -0.162. The van der Waals surface area contributed by atoms with Gasteiger partial charge < -0.3 is 29.0 Å². The molecule has 1 unspecified atom stereocenters. The first-order chi connectivity index (χ1) is 15.7. The van der Waals surface area contributed by atoms with Crippen LogP contribution in [0, 0.1) is 0 Å². The van der Waals surface area contributed by atoms with Crippen LogP contribution < -0.4 is 4.74 Å². The van der Waals surface area contributed by atoms with Gasteiger partial charge in [0.1, 0.15) is 12.4 Å². The molecule has 1 aromatic rings. The second kappa shape index (κ2) is 15.3. The Balaban J connectivity index is 2.57. The highest BCUT2D eigenvalue weighted by Gasteiger charge is 2.30. The lowest BCUT2D eigenvalue weighted by Crippen LogP contribution is -2.38. The van der Waals surface area contributed by atoms with Gasteiger partial charge >= 0.3 is 18.2 Å². The minimum absolute atomic E-state index is 0.0254. The van der Waals surface area contributed by atoms with Gasteiger partial charge in [0.05, 0.1) is 6.54 Å². The van der Waals surface area contributed by atoms with Crippen LogP contribution in [0.15, 0.2) is 24.3 Å². The van der Waals surface area contributed by atoms with E-state index in [0.29, 0.717) is 25.4 Å². The summed E-state index contributed by atoms with van der Waals surface area (Å²) in [5.74, 6) is -0.577. The molecule has 0 spiro atoms. The third-order valence-corrected chi connectivity index (χ3v) is 4.30. The lowest BCUT2D eigenvalue weighted by Gasteiger charge is -2.22. The largest absolute Gasteiger partial charge is 0.492 e. The predicted molar refractivity (Wildman–Crippen MR) is 113 cm³/mol. The number of carboxylic acids is 1. The summed E-state index contributed by atoms with van der Waals surface area (Å²) >= 11 is 0. The molecule has 0 radical (unpaired) electrons. The molecule has 1 N–H and O–H groups in total. The molecule has 1 rings (SSSR count). The van der Waals surface area contributed by atoms with Crippen LogP contribution in [0.3, 0.4) is 0 Å². The molecule has 0 bridgehead atoms. The molecular weight excluding hydrogens is 447 g/mol.